The SMILES string of the molecule is C=CCc1ccc(-c2ccc(C=CCCCC(C)OCCCCC)nc2)c(F)c1. The first-order valence-electron chi connectivity index (χ1n) is 10.8. The zero-order valence-corrected chi connectivity index (χ0v) is 17.9. The number of rotatable bonds is 13. The standard InChI is InChI=1S/C26H34FNO/c1-4-6-10-18-29-21(3)12-8-7-9-13-24-16-15-23(20-28-24)25-17-14-22(11-5-2)19-26(25)27/h5,9,13-17,19-21H,2,4,6-8,10-12,18H2,1,3H3. The fourth-order valence-electron chi connectivity index (χ4n) is 3.20. The van der Waals surface area contributed by atoms with E-state index in [0.717, 1.165) is 49.1 Å². The molecule has 2 nitrogen and oxygen atoms in total. The number of benzene rings is 1. The Labute approximate surface area is 175 Å². The number of ether oxygens (including phenoxy) is 1. The van der Waals surface area contributed by atoms with Crippen LogP contribution in [0.15, 0.2) is 55.3 Å². The van der Waals surface area contributed by atoms with Gasteiger partial charge in [0.05, 0.1) is 11.8 Å². The predicted octanol–water partition coefficient (Wildman–Crippen LogP) is 7.40. The predicted molar refractivity (Wildman–Crippen MR) is 121 cm³/mol. The molecule has 1 aromatic heterocycles. The van der Waals surface area contributed by atoms with E-state index >= 15 is 0 Å². The van der Waals surface area contributed by atoms with Crippen molar-refractivity contribution in [1.82, 2.24) is 4.98 Å². The Morgan fingerprint density at radius 1 is 1.17 bits per heavy atom. The van der Waals surface area contributed by atoms with Gasteiger partial charge in [0.2, 0.25) is 0 Å². The van der Waals surface area contributed by atoms with E-state index in [1.54, 1.807) is 18.3 Å². The third-order valence-electron chi connectivity index (χ3n) is 4.93. The van der Waals surface area contributed by atoms with Gasteiger partial charge in [-0.1, -0.05) is 50.1 Å². The average molecular weight is 396 g/mol. The third kappa shape index (κ3) is 8.33. The molecule has 2 rings (SSSR count). The van der Waals surface area contributed by atoms with Gasteiger partial charge in [0, 0.05) is 23.9 Å². The minimum atomic E-state index is -0.222. The Hall–Kier alpha value is -2.26. The van der Waals surface area contributed by atoms with Gasteiger partial charge in [0.1, 0.15) is 5.82 Å². The molecule has 0 N–H and O–H groups in total. The molecule has 0 aliphatic carbocycles. The van der Waals surface area contributed by atoms with E-state index in [1.165, 1.54) is 12.8 Å². The van der Waals surface area contributed by atoms with Gasteiger partial charge in [-0.2, -0.15) is 0 Å². The molecule has 1 heterocycles. The van der Waals surface area contributed by atoms with Crippen LogP contribution in [0.2, 0.25) is 0 Å². The largest absolute Gasteiger partial charge is 0.379 e. The fraction of sp³-hybridized carbons (Fsp3) is 0.423. The summed E-state index contributed by atoms with van der Waals surface area (Å²) in [5, 5.41) is 0. The summed E-state index contributed by atoms with van der Waals surface area (Å²) >= 11 is 0. The van der Waals surface area contributed by atoms with Gasteiger partial charge in [-0.3, -0.25) is 4.98 Å². The summed E-state index contributed by atoms with van der Waals surface area (Å²) in [4.78, 5) is 4.45. The van der Waals surface area contributed by atoms with E-state index in [-0.39, 0.29) is 5.82 Å². The lowest BCUT2D eigenvalue weighted by atomic mass is 10.0. The van der Waals surface area contributed by atoms with E-state index in [4.69, 9.17) is 4.74 Å². The van der Waals surface area contributed by atoms with E-state index in [2.05, 4.69) is 31.5 Å². The Morgan fingerprint density at radius 3 is 2.72 bits per heavy atom. The molecular formula is C26H34FNO. The van der Waals surface area contributed by atoms with Crippen LogP contribution in [0.25, 0.3) is 17.2 Å². The lowest BCUT2D eigenvalue weighted by Crippen LogP contribution is -2.08. The summed E-state index contributed by atoms with van der Waals surface area (Å²) in [5.74, 6) is -0.222. The molecule has 1 unspecified atom stereocenters. The molecule has 3 heteroatoms. The van der Waals surface area contributed by atoms with E-state index in [9.17, 15) is 4.39 Å². The van der Waals surface area contributed by atoms with Crippen molar-refractivity contribution in [3.05, 3.63) is 72.3 Å². The van der Waals surface area contributed by atoms with Crippen LogP contribution in [0.3, 0.4) is 0 Å². The molecule has 1 atom stereocenters. The van der Waals surface area contributed by atoms with Crippen molar-refractivity contribution >= 4 is 6.08 Å². The highest BCUT2D eigenvalue weighted by atomic mass is 19.1. The van der Waals surface area contributed by atoms with Crippen molar-refractivity contribution in [2.75, 3.05) is 6.61 Å². The van der Waals surface area contributed by atoms with Gasteiger partial charge >= 0.3 is 0 Å². The molecule has 0 radical (unpaired) electrons. The number of allylic oxidation sites excluding steroid dienone is 2. The second-order valence-electron chi connectivity index (χ2n) is 7.50. The van der Waals surface area contributed by atoms with Crippen molar-refractivity contribution in [2.24, 2.45) is 0 Å². The second kappa shape index (κ2) is 13.1. The number of pyridine rings is 1. The van der Waals surface area contributed by atoms with Gasteiger partial charge in [0.15, 0.2) is 0 Å². The minimum absolute atomic E-state index is 0.222. The molecule has 0 aliphatic heterocycles. The second-order valence-corrected chi connectivity index (χ2v) is 7.50. The maximum absolute atomic E-state index is 14.3. The summed E-state index contributed by atoms with van der Waals surface area (Å²) in [6.45, 7) is 8.93. The zero-order valence-electron chi connectivity index (χ0n) is 17.9. The van der Waals surface area contributed by atoms with Crippen molar-refractivity contribution in [2.45, 2.75) is 64.9 Å². The van der Waals surface area contributed by atoms with Crippen LogP contribution in [0.4, 0.5) is 4.39 Å². The summed E-state index contributed by atoms with van der Waals surface area (Å²) in [5.41, 5.74) is 3.18. The Bertz CT molecular complexity index is 767. The highest BCUT2D eigenvalue weighted by Gasteiger charge is 2.06. The molecule has 2 aromatic rings. The van der Waals surface area contributed by atoms with Crippen LogP contribution >= 0.6 is 0 Å². The van der Waals surface area contributed by atoms with Gasteiger partial charge in [-0.15, -0.1) is 6.58 Å². The lowest BCUT2D eigenvalue weighted by Gasteiger charge is -2.11. The van der Waals surface area contributed by atoms with Gasteiger partial charge < -0.3 is 4.74 Å². The monoisotopic (exact) mass is 395 g/mol. The quantitative estimate of drug-likeness (QED) is 0.260. The first-order chi connectivity index (χ1) is 14.1. The van der Waals surface area contributed by atoms with Crippen LogP contribution in [0.5, 0.6) is 0 Å². The van der Waals surface area contributed by atoms with Crippen molar-refractivity contribution in [3.63, 3.8) is 0 Å². The summed E-state index contributed by atoms with van der Waals surface area (Å²) < 4.78 is 20.2. The molecule has 29 heavy (non-hydrogen) atoms. The number of nitrogens with zero attached hydrogens (tertiary/aromatic N) is 1. The van der Waals surface area contributed by atoms with Crippen LogP contribution < -0.4 is 0 Å². The van der Waals surface area contributed by atoms with Crippen molar-refractivity contribution in [3.8, 4) is 11.1 Å². The number of aromatic nitrogens is 1. The normalized spacial score (nSPS) is 12.4. The van der Waals surface area contributed by atoms with Gasteiger partial charge in [-0.25, -0.2) is 4.39 Å². The smallest absolute Gasteiger partial charge is 0.131 e. The molecule has 156 valence electrons. The maximum atomic E-state index is 14.3. The summed E-state index contributed by atoms with van der Waals surface area (Å²) in [7, 11) is 0. The Kier molecular flexibility index (Phi) is 10.4. The number of hydrogen-bond acceptors (Lipinski definition) is 2. The average Bonchev–Trinajstić information content (AvgIpc) is 2.72. The zero-order chi connectivity index (χ0) is 20.9. The fourth-order valence-corrected chi connectivity index (χ4v) is 3.20. The minimum Gasteiger partial charge on any atom is -0.379 e. The highest BCUT2D eigenvalue weighted by Crippen LogP contribution is 2.23. The molecule has 0 bridgehead atoms. The molecule has 0 saturated carbocycles. The summed E-state index contributed by atoms with van der Waals surface area (Å²) in [6.07, 6.45) is 15.5. The Morgan fingerprint density at radius 2 is 2.03 bits per heavy atom. The van der Waals surface area contributed by atoms with Crippen LogP contribution in [0.1, 0.15) is 63.6 Å². The molecular weight excluding hydrogens is 361 g/mol. The van der Waals surface area contributed by atoms with Crippen LogP contribution in [-0.4, -0.2) is 17.7 Å². The summed E-state index contributed by atoms with van der Waals surface area (Å²) in [6, 6.07) is 9.17. The number of halogens is 1. The molecule has 0 fully saturated rings. The molecule has 0 aliphatic rings. The van der Waals surface area contributed by atoms with E-state index < -0.39 is 0 Å². The topological polar surface area (TPSA) is 22.1 Å². The number of hydrogen-bond donors (Lipinski definition) is 0. The van der Waals surface area contributed by atoms with Gasteiger partial charge in [-0.05, 0) is 62.8 Å². The maximum Gasteiger partial charge on any atom is 0.131 e. The van der Waals surface area contributed by atoms with E-state index in [1.807, 2.05) is 30.3 Å². The third-order valence-corrected chi connectivity index (χ3v) is 4.93. The first kappa shape index (κ1) is 23.0. The van der Waals surface area contributed by atoms with Crippen LogP contribution in [0, 0.1) is 5.82 Å². The van der Waals surface area contributed by atoms with Gasteiger partial charge in [0.25, 0.3) is 0 Å². The number of unbranched alkanes of at least 4 members (excludes halogenated alkanes) is 3. The molecule has 0 spiro atoms. The first-order valence-corrected chi connectivity index (χ1v) is 10.8. The highest BCUT2D eigenvalue weighted by molar-refractivity contribution is 5.64. The van der Waals surface area contributed by atoms with Crippen molar-refractivity contribution in [1.29, 1.82) is 0 Å². The molecule has 0 saturated heterocycles. The van der Waals surface area contributed by atoms with E-state index in [0.29, 0.717) is 18.1 Å². The Balaban J connectivity index is 1.78. The molecule has 0 amide bonds. The van der Waals surface area contributed by atoms with Crippen molar-refractivity contribution < 1.29 is 9.13 Å². The van der Waals surface area contributed by atoms with Crippen LogP contribution in [-0.2, 0) is 11.2 Å². The lowest BCUT2D eigenvalue weighted by molar-refractivity contribution is 0.0566. The molecule has 1 aromatic carbocycles.